The number of amides is 1. The Hall–Kier alpha value is -3.72. The molecule has 2 N–H and O–H groups in total. The third-order valence-corrected chi connectivity index (χ3v) is 5.94. The van der Waals surface area contributed by atoms with Gasteiger partial charge in [-0.25, -0.2) is 8.42 Å². The van der Waals surface area contributed by atoms with Crippen LogP contribution in [-0.2, 0) is 10.0 Å². The van der Waals surface area contributed by atoms with Crippen LogP contribution in [0.3, 0.4) is 0 Å². The highest BCUT2D eigenvalue weighted by molar-refractivity contribution is 7.92. The molecule has 0 unspecified atom stereocenters. The van der Waals surface area contributed by atoms with Crippen LogP contribution in [0.2, 0.25) is 0 Å². The van der Waals surface area contributed by atoms with E-state index in [4.69, 9.17) is 14.2 Å². The van der Waals surface area contributed by atoms with Gasteiger partial charge in [-0.2, -0.15) is 0 Å². The smallest absolute Gasteiger partial charge is 0.261 e. The lowest BCUT2D eigenvalue weighted by molar-refractivity contribution is 0.102. The van der Waals surface area contributed by atoms with Gasteiger partial charge in [0.2, 0.25) is 0 Å². The quantitative estimate of drug-likeness (QED) is 0.608. The minimum absolute atomic E-state index is 0.0356. The molecule has 4 rings (SSSR count). The van der Waals surface area contributed by atoms with Crippen LogP contribution in [0.25, 0.3) is 0 Å². The van der Waals surface area contributed by atoms with Crippen LogP contribution in [-0.4, -0.2) is 34.6 Å². The summed E-state index contributed by atoms with van der Waals surface area (Å²) in [7, 11) is -2.50. The molecule has 160 valence electrons. The zero-order valence-corrected chi connectivity index (χ0v) is 17.4. The van der Waals surface area contributed by atoms with Crippen molar-refractivity contribution >= 4 is 27.3 Å². The van der Waals surface area contributed by atoms with E-state index >= 15 is 0 Å². The van der Waals surface area contributed by atoms with Crippen molar-refractivity contribution < 1.29 is 27.4 Å². The molecule has 0 spiro atoms. The van der Waals surface area contributed by atoms with E-state index < -0.39 is 10.0 Å². The molecule has 1 aliphatic heterocycles. The average molecular weight is 440 g/mol. The predicted molar refractivity (Wildman–Crippen MR) is 116 cm³/mol. The lowest BCUT2D eigenvalue weighted by atomic mass is 10.2. The van der Waals surface area contributed by atoms with Crippen molar-refractivity contribution in [2.24, 2.45) is 0 Å². The number of fused-ring (bicyclic) bond motifs is 1. The van der Waals surface area contributed by atoms with Gasteiger partial charge < -0.3 is 19.5 Å². The second-order valence-corrected chi connectivity index (χ2v) is 8.33. The third-order valence-electron chi connectivity index (χ3n) is 4.56. The van der Waals surface area contributed by atoms with Crippen molar-refractivity contribution in [2.75, 3.05) is 30.4 Å². The number of rotatable bonds is 6. The summed E-state index contributed by atoms with van der Waals surface area (Å²) in [5, 5.41) is 2.70. The third kappa shape index (κ3) is 4.56. The Bertz CT molecular complexity index is 1210. The van der Waals surface area contributed by atoms with Crippen LogP contribution in [0.4, 0.5) is 11.4 Å². The van der Waals surface area contributed by atoms with Gasteiger partial charge in [-0.1, -0.05) is 18.2 Å². The van der Waals surface area contributed by atoms with Gasteiger partial charge in [0.05, 0.1) is 23.4 Å². The number of methoxy groups -OCH3 is 1. The van der Waals surface area contributed by atoms with Crippen molar-refractivity contribution in [1.29, 1.82) is 0 Å². The van der Waals surface area contributed by atoms with Crippen molar-refractivity contribution in [3.63, 3.8) is 0 Å². The number of hydrogen-bond donors (Lipinski definition) is 2. The number of benzene rings is 3. The highest BCUT2D eigenvalue weighted by Gasteiger charge is 2.20. The van der Waals surface area contributed by atoms with Gasteiger partial charge in [-0.05, 0) is 42.5 Å². The molecule has 8 nitrogen and oxygen atoms in total. The number of ether oxygens (including phenoxy) is 3. The molecule has 9 heteroatoms. The Morgan fingerprint density at radius 3 is 2.42 bits per heavy atom. The maximum absolute atomic E-state index is 12.9. The van der Waals surface area contributed by atoms with Gasteiger partial charge >= 0.3 is 0 Å². The average Bonchev–Trinajstić information content (AvgIpc) is 2.79. The van der Waals surface area contributed by atoms with Gasteiger partial charge in [-0.3, -0.25) is 9.52 Å². The van der Waals surface area contributed by atoms with E-state index in [0.29, 0.717) is 41.7 Å². The van der Waals surface area contributed by atoms with Gasteiger partial charge in [-0.15, -0.1) is 0 Å². The maximum Gasteiger partial charge on any atom is 0.261 e. The molecule has 0 atom stereocenters. The molecular formula is C22H20N2O6S. The molecule has 1 heterocycles. The van der Waals surface area contributed by atoms with Crippen LogP contribution in [0.1, 0.15) is 10.4 Å². The van der Waals surface area contributed by atoms with Crippen LogP contribution in [0, 0.1) is 0 Å². The molecule has 1 amide bonds. The Labute approximate surface area is 179 Å². The molecule has 3 aromatic rings. The Morgan fingerprint density at radius 2 is 1.68 bits per heavy atom. The van der Waals surface area contributed by atoms with Crippen LogP contribution >= 0.6 is 0 Å². The summed E-state index contributed by atoms with van der Waals surface area (Å²) in [6.07, 6.45) is 0. The van der Waals surface area contributed by atoms with E-state index in [0.717, 1.165) is 0 Å². The fraction of sp³-hybridized carbons (Fsp3) is 0.136. The maximum atomic E-state index is 12.9. The molecular weight excluding hydrogens is 420 g/mol. The van der Waals surface area contributed by atoms with E-state index in [1.165, 1.54) is 25.3 Å². The lowest BCUT2D eigenvalue weighted by Crippen LogP contribution is -2.17. The first-order chi connectivity index (χ1) is 15.0. The zero-order chi connectivity index (χ0) is 21.8. The topological polar surface area (TPSA) is 103 Å². The summed E-state index contributed by atoms with van der Waals surface area (Å²) in [6.45, 7) is 0.841. The Kier molecular flexibility index (Phi) is 5.68. The number of sulfonamides is 1. The SMILES string of the molecule is COc1ccc(S(=O)(=O)Nc2ccc3c(c2)OCCO3)cc1NC(=O)c1ccccc1. The molecule has 0 bridgehead atoms. The molecule has 0 radical (unpaired) electrons. The van der Waals surface area contributed by atoms with E-state index in [1.54, 1.807) is 48.5 Å². The molecule has 1 aliphatic rings. The summed E-state index contributed by atoms with van der Waals surface area (Å²) in [4.78, 5) is 12.5. The summed E-state index contributed by atoms with van der Waals surface area (Å²) in [5.74, 6) is 0.984. The normalized spacial score (nSPS) is 12.7. The fourth-order valence-electron chi connectivity index (χ4n) is 3.06. The second-order valence-electron chi connectivity index (χ2n) is 6.65. The molecule has 0 aliphatic carbocycles. The first-order valence-corrected chi connectivity index (χ1v) is 10.9. The lowest BCUT2D eigenvalue weighted by Gasteiger charge is -2.19. The van der Waals surface area contributed by atoms with E-state index in [9.17, 15) is 13.2 Å². The number of carbonyl (C=O) groups excluding carboxylic acids is 1. The van der Waals surface area contributed by atoms with Crippen LogP contribution in [0.5, 0.6) is 17.2 Å². The summed E-state index contributed by atoms with van der Waals surface area (Å²) < 4.78 is 44.6. The molecule has 0 aromatic heterocycles. The van der Waals surface area contributed by atoms with Gasteiger partial charge in [0.25, 0.3) is 15.9 Å². The first kappa shape index (κ1) is 20.5. The molecule has 3 aromatic carbocycles. The van der Waals surface area contributed by atoms with Crippen molar-refractivity contribution in [3.05, 3.63) is 72.3 Å². The number of anilines is 2. The standard InChI is InChI=1S/C22H20N2O6S/c1-28-19-10-8-17(14-18(19)23-22(25)15-5-3-2-4-6-15)31(26,27)24-16-7-9-20-21(13-16)30-12-11-29-20/h2-10,13-14,24H,11-12H2,1H3,(H,23,25). The second kappa shape index (κ2) is 8.57. The van der Waals surface area contributed by atoms with Crippen molar-refractivity contribution in [3.8, 4) is 17.2 Å². The molecule has 0 fully saturated rings. The van der Waals surface area contributed by atoms with Gasteiger partial charge in [0, 0.05) is 11.6 Å². The first-order valence-electron chi connectivity index (χ1n) is 9.43. The fourth-order valence-corrected chi connectivity index (χ4v) is 4.13. The number of carbonyl (C=O) groups is 1. The number of nitrogens with one attached hydrogen (secondary N) is 2. The van der Waals surface area contributed by atoms with Crippen LogP contribution < -0.4 is 24.2 Å². The van der Waals surface area contributed by atoms with E-state index in [2.05, 4.69) is 10.0 Å². The monoisotopic (exact) mass is 440 g/mol. The highest BCUT2D eigenvalue weighted by Crippen LogP contribution is 2.34. The number of hydrogen-bond acceptors (Lipinski definition) is 6. The van der Waals surface area contributed by atoms with Crippen LogP contribution in [0.15, 0.2) is 71.6 Å². The summed E-state index contributed by atoms with van der Waals surface area (Å²) in [6, 6.07) is 17.6. The largest absolute Gasteiger partial charge is 0.495 e. The zero-order valence-electron chi connectivity index (χ0n) is 16.6. The van der Waals surface area contributed by atoms with Gasteiger partial charge in [0.15, 0.2) is 11.5 Å². The van der Waals surface area contributed by atoms with Crippen molar-refractivity contribution in [1.82, 2.24) is 0 Å². The highest BCUT2D eigenvalue weighted by atomic mass is 32.2. The molecule has 0 saturated carbocycles. The Balaban J connectivity index is 1.59. The minimum atomic E-state index is -3.94. The molecule has 0 saturated heterocycles. The molecule has 31 heavy (non-hydrogen) atoms. The minimum Gasteiger partial charge on any atom is -0.495 e. The van der Waals surface area contributed by atoms with Gasteiger partial charge in [0.1, 0.15) is 19.0 Å². The van der Waals surface area contributed by atoms with Crippen molar-refractivity contribution in [2.45, 2.75) is 4.90 Å². The summed E-state index contributed by atoms with van der Waals surface area (Å²) >= 11 is 0. The van der Waals surface area contributed by atoms with E-state index in [-0.39, 0.29) is 16.5 Å². The Morgan fingerprint density at radius 1 is 0.935 bits per heavy atom. The summed E-state index contributed by atoms with van der Waals surface area (Å²) in [5.41, 5.74) is 1.00. The predicted octanol–water partition coefficient (Wildman–Crippen LogP) is 3.52. The van der Waals surface area contributed by atoms with E-state index in [1.807, 2.05) is 0 Å².